The Morgan fingerprint density at radius 1 is 1.60 bits per heavy atom. The van der Waals surface area contributed by atoms with Crippen LogP contribution in [0, 0.1) is 0 Å². The first kappa shape index (κ1) is 14.3. The van der Waals surface area contributed by atoms with Crippen LogP contribution in [-0.2, 0) is 16.1 Å². The summed E-state index contributed by atoms with van der Waals surface area (Å²) < 4.78 is 5.90. The summed E-state index contributed by atoms with van der Waals surface area (Å²) in [6.07, 6.45) is 3.93. The molecule has 2 heterocycles. The molecule has 1 aliphatic heterocycles. The molecule has 0 aromatic carbocycles. The molecule has 8 heteroatoms. The van der Waals surface area contributed by atoms with E-state index >= 15 is 0 Å². The molecule has 0 aliphatic carbocycles. The Morgan fingerprint density at radius 2 is 2.40 bits per heavy atom. The summed E-state index contributed by atoms with van der Waals surface area (Å²) in [7, 11) is 1.26. The maximum Gasteiger partial charge on any atom is 0.330 e. The number of nitrogens with zero attached hydrogens (tertiary/aromatic N) is 2. The second kappa shape index (κ2) is 6.38. The van der Waals surface area contributed by atoms with Gasteiger partial charge in [-0.15, -0.1) is 0 Å². The molecular weight excluding hydrogens is 282 g/mol. The van der Waals surface area contributed by atoms with Crippen LogP contribution in [0.15, 0.2) is 28.3 Å². The maximum absolute atomic E-state index is 12.0. The smallest absolute Gasteiger partial charge is 0.330 e. The van der Waals surface area contributed by atoms with Crippen LogP contribution < -0.4 is 10.9 Å². The molecule has 1 aromatic heterocycles. The van der Waals surface area contributed by atoms with Crippen molar-refractivity contribution in [2.75, 3.05) is 19.4 Å². The summed E-state index contributed by atoms with van der Waals surface area (Å²) in [6.45, 7) is 0.694. The van der Waals surface area contributed by atoms with E-state index in [1.165, 1.54) is 41.8 Å². The van der Waals surface area contributed by atoms with Gasteiger partial charge in [0.15, 0.2) is 5.16 Å². The van der Waals surface area contributed by atoms with Crippen LogP contribution >= 0.6 is 11.8 Å². The molecule has 0 unspecified atom stereocenters. The number of carbonyl (C=O) groups excluding carboxylic acids is 2. The molecule has 0 saturated heterocycles. The third-order valence-corrected chi connectivity index (χ3v) is 3.61. The Labute approximate surface area is 119 Å². The zero-order valence-electron chi connectivity index (χ0n) is 10.8. The van der Waals surface area contributed by atoms with Crippen molar-refractivity contribution in [3.05, 3.63) is 34.3 Å². The number of hydrogen-bond acceptors (Lipinski definition) is 6. The summed E-state index contributed by atoms with van der Waals surface area (Å²) in [5.41, 5.74) is -0.336. The first-order valence-corrected chi connectivity index (χ1v) is 6.87. The molecule has 7 nitrogen and oxygen atoms in total. The van der Waals surface area contributed by atoms with E-state index < -0.39 is 11.9 Å². The van der Waals surface area contributed by atoms with Crippen LogP contribution in [0.4, 0.5) is 0 Å². The highest BCUT2D eigenvalue weighted by Crippen LogP contribution is 2.20. The lowest BCUT2D eigenvalue weighted by molar-refractivity contribution is -0.134. The number of methoxy groups -OCH3 is 1. The maximum atomic E-state index is 12.0. The van der Waals surface area contributed by atoms with Gasteiger partial charge in [0.2, 0.25) is 0 Å². The monoisotopic (exact) mass is 295 g/mol. The molecule has 0 atom stereocenters. The van der Waals surface area contributed by atoms with Gasteiger partial charge in [0.25, 0.3) is 11.5 Å². The highest BCUT2D eigenvalue weighted by atomic mass is 32.2. The zero-order chi connectivity index (χ0) is 14.5. The van der Waals surface area contributed by atoms with Crippen LogP contribution in [0.5, 0.6) is 0 Å². The largest absolute Gasteiger partial charge is 0.466 e. The van der Waals surface area contributed by atoms with Crippen molar-refractivity contribution >= 4 is 23.6 Å². The van der Waals surface area contributed by atoms with Gasteiger partial charge in [-0.25, -0.2) is 9.78 Å². The van der Waals surface area contributed by atoms with Crippen molar-refractivity contribution in [3.63, 3.8) is 0 Å². The average Bonchev–Trinajstić information content (AvgIpc) is 2.92. The second-order valence-electron chi connectivity index (χ2n) is 3.90. The van der Waals surface area contributed by atoms with Crippen LogP contribution in [0.2, 0.25) is 0 Å². The molecule has 1 aliphatic rings. The van der Waals surface area contributed by atoms with Gasteiger partial charge in [0.05, 0.1) is 7.11 Å². The predicted octanol–water partition coefficient (Wildman–Crippen LogP) is -0.192. The Kier molecular flexibility index (Phi) is 4.57. The van der Waals surface area contributed by atoms with E-state index in [1.54, 1.807) is 0 Å². The summed E-state index contributed by atoms with van der Waals surface area (Å²) in [5.74, 6) is -0.227. The van der Waals surface area contributed by atoms with Crippen LogP contribution in [0.3, 0.4) is 0 Å². The van der Waals surface area contributed by atoms with E-state index in [0.717, 1.165) is 5.75 Å². The van der Waals surface area contributed by atoms with E-state index in [2.05, 4.69) is 15.0 Å². The van der Waals surface area contributed by atoms with Crippen molar-refractivity contribution in [2.24, 2.45) is 0 Å². The number of carbonyl (C=O) groups is 2. The molecule has 0 spiro atoms. The number of esters is 1. The SMILES string of the molecule is COC(=O)/C=C/CNC(=O)c1cnc2n(c1=O)CCS2. The van der Waals surface area contributed by atoms with Gasteiger partial charge in [0, 0.05) is 31.1 Å². The predicted molar refractivity (Wildman–Crippen MR) is 72.7 cm³/mol. The number of thioether (sulfide) groups is 1. The fourth-order valence-electron chi connectivity index (χ4n) is 1.64. The van der Waals surface area contributed by atoms with E-state index in [9.17, 15) is 14.4 Å². The lowest BCUT2D eigenvalue weighted by Gasteiger charge is -2.05. The van der Waals surface area contributed by atoms with Gasteiger partial charge >= 0.3 is 5.97 Å². The molecule has 20 heavy (non-hydrogen) atoms. The number of nitrogens with one attached hydrogen (secondary N) is 1. The standard InChI is InChI=1S/C12H13N3O4S/c1-19-9(16)3-2-4-13-10(17)8-7-14-12-15(11(8)18)5-6-20-12/h2-3,7H,4-6H2,1H3,(H,13,17)/b3-2+. The topological polar surface area (TPSA) is 90.3 Å². The lowest BCUT2D eigenvalue weighted by Crippen LogP contribution is -2.33. The molecule has 106 valence electrons. The Hall–Kier alpha value is -2.09. The van der Waals surface area contributed by atoms with E-state index in [0.29, 0.717) is 11.7 Å². The molecule has 1 aromatic rings. The number of ether oxygens (including phenoxy) is 1. The van der Waals surface area contributed by atoms with Gasteiger partial charge in [-0.05, 0) is 0 Å². The minimum Gasteiger partial charge on any atom is -0.466 e. The van der Waals surface area contributed by atoms with Crippen LogP contribution in [0.1, 0.15) is 10.4 Å². The number of aromatic nitrogens is 2. The summed E-state index contributed by atoms with van der Waals surface area (Å²) >= 11 is 1.49. The van der Waals surface area contributed by atoms with Crippen molar-refractivity contribution < 1.29 is 14.3 Å². The Balaban J connectivity index is 2.02. The van der Waals surface area contributed by atoms with Crippen LogP contribution in [0.25, 0.3) is 0 Å². The third-order valence-electron chi connectivity index (χ3n) is 2.64. The highest BCUT2D eigenvalue weighted by molar-refractivity contribution is 7.99. The second-order valence-corrected chi connectivity index (χ2v) is 4.96. The molecule has 1 amide bonds. The molecule has 2 rings (SSSR count). The third kappa shape index (κ3) is 3.08. The normalized spacial score (nSPS) is 13.2. The molecule has 0 saturated carbocycles. The Bertz CT molecular complexity index is 624. The summed E-state index contributed by atoms with van der Waals surface area (Å²) in [4.78, 5) is 38.8. The zero-order valence-corrected chi connectivity index (χ0v) is 11.6. The number of fused-ring (bicyclic) bond motifs is 1. The Morgan fingerprint density at radius 3 is 3.15 bits per heavy atom. The van der Waals surface area contributed by atoms with E-state index in [-0.39, 0.29) is 17.7 Å². The van der Waals surface area contributed by atoms with E-state index in [1.807, 2.05) is 0 Å². The van der Waals surface area contributed by atoms with Crippen molar-refractivity contribution in [3.8, 4) is 0 Å². The minimum absolute atomic E-state index is 0.00252. The first-order chi connectivity index (χ1) is 9.63. The number of hydrogen-bond donors (Lipinski definition) is 1. The fraction of sp³-hybridized carbons (Fsp3) is 0.333. The summed E-state index contributed by atoms with van der Waals surface area (Å²) in [6, 6.07) is 0. The van der Waals surface area contributed by atoms with Gasteiger partial charge in [-0.2, -0.15) is 0 Å². The number of amides is 1. The highest BCUT2D eigenvalue weighted by Gasteiger charge is 2.19. The molecule has 0 fully saturated rings. The number of rotatable bonds is 4. The van der Waals surface area contributed by atoms with Crippen molar-refractivity contribution in [1.29, 1.82) is 0 Å². The molecular formula is C12H13N3O4S. The quantitative estimate of drug-likeness (QED) is 0.470. The molecule has 0 bridgehead atoms. The summed E-state index contributed by atoms with van der Waals surface area (Å²) in [5, 5.41) is 3.15. The fourth-order valence-corrected chi connectivity index (χ4v) is 2.56. The average molecular weight is 295 g/mol. The van der Waals surface area contributed by atoms with Gasteiger partial charge in [-0.1, -0.05) is 17.8 Å². The van der Waals surface area contributed by atoms with Crippen molar-refractivity contribution in [1.82, 2.24) is 14.9 Å². The van der Waals surface area contributed by atoms with Gasteiger partial charge in [-0.3, -0.25) is 14.2 Å². The molecule has 0 radical (unpaired) electrons. The van der Waals surface area contributed by atoms with Gasteiger partial charge in [0.1, 0.15) is 5.56 Å². The van der Waals surface area contributed by atoms with Crippen LogP contribution in [-0.4, -0.2) is 40.8 Å². The van der Waals surface area contributed by atoms with Gasteiger partial charge < -0.3 is 10.1 Å². The minimum atomic E-state index is -0.510. The van der Waals surface area contributed by atoms with E-state index in [4.69, 9.17) is 0 Å². The first-order valence-electron chi connectivity index (χ1n) is 5.89. The lowest BCUT2D eigenvalue weighted by atomic mass is 10.3. The van der Waals surface area contributed by atoms with Crippen molar-refractivity contribution in [2.45, 2.75) is 11.7 Å². The molecule has 1 N–H and O–H groups in total.